The summed E-state index contributed by atoms with van der Waals surface area (Å²) in [7, 11) is 0. The molecule has 1 fully saturated rings. The summed E-state index contributed by atoms with van der Waals surface area (Å²) in [4.78, 5) is 44.8. The van der Waals surface area contributed by atoms with Crippen LogP contribution in [0, 0.1) is 0 Å². The molecule has 0 spiro atoms. The molecule has 1 aliphatic rings. The van der Waals surface area contributed by atoms with Crippen molar-refractivity contribution in [1.82, 2.24) is 15.6 Å². The number of rotatable bonds is 8. The highest BCUT2D eigenvalue weighted by Gasteiger charge is 2.34. The van der Waals surface area contributed by atoms with Crippen LogP contribution in [-0.4, -0.2) is 35.3 Å². The Bertz CT molecular complexity index is 1060. The highest BCUT2D eigenvalue weighted by Crippen LogP contribution is 2.28. The zero-order valence-corrected chi connectivity index (χ0v) is 18.1. The van der Waals surface area contributed by atoms with Crippen LogP contribution in [0.15, 0.2) is 77.7 Å². The number of anilines is 1. The van der Waals surface area contributed by atoms with Crippen LogP contribution in [0.4, 0.5) is 5.69 Å². The van der Waals surface area contributed by atoms with E-state index in [1.807, 2.05) is 30.3 Å². The van der Waals surface area contributed by atoms with Gasteiger partial charge in [-0.3, -0.25) is 24.3 Å². The van der Waals surface area contributed by atoms with Crippen molar-refractivity contribution in [1.29, 1.82) is 0 Å². The van der Waals surface area contributed by atoms with Crippen molar-refractivity contribution >= 4 is 23.4 Å². The van der Waals surface area contributed by atoms with Crippen LogP contribution < -0.4 is 15.5 Å². The van der Waals surface area contributed by atoms with Crippen LogP contribution in [0.5, 0.6) is 0 Å². The number of pyridine rings is 1. The van der Waals surface area contributed by atoms with Gasteiger partial charge >= 0.3 is 0 Å². The standard InChI is InChI=1S/C25H26N4O4/c30-22(17-27-24(31)21-13-7-15-33-21)29(20-12-6-14-26-16-20)23(18-8-2-1-3-9-18)25(32)28-19-10-4-5-11-19/h1-3,6-9,12-16,19,23H,4-5,10-11,17H2,(H,27,31)(H,28,32). The van der Waals surface area contributed by atoms with Gasteiger partial charge in [-0.2, -0.15) is 0 Å². The number of nitrogens with zero attached hydrogens (tertiary/aromatic N) is 2. The zero-order valence-electron chi connectivity index (χ0n) is 18.1. The number of aromatic nitrogens is 1. The molecular weight excluding hydrogens is 420 g/mol. The Morgan fingerprint density at radius 3 is 2.48 bits per heavy atom. The summed E-state index contributed by atoms with van der Waals surface area (Å²) in [6, 6.07) is 14.9. The number of carbonyl (C=O) groups excluding carboxylic acids is 3. The number of carbonyl (C=O) groups is 3. The molecular formula is C25H26N4O4. The van der Waals surface area contributed by atoms with E-state index in [-0.39, 0.29) is 24.3 Å². The highest BCUT2D eigenvalue weighted by atomic mass is 16.3. The maximum Gasteiger partial charge on any atom is 0.287 e. The van der Waals surface area contributed by atoms with Crippen molar-refractivity contribution in [2.75, 3.05) is 11.4 Å². The van der Waals surface area contributed by atoms with Crippen LogP contribution >= 0.6 is 0 Å². The molecule has 1 aromatic carbocycles. The van der Waals surface area contributed by atoms with Crippen LogP contribution in [0.3, 0.4) is 0 Å². The van der Waals surface area contributed by atoms with Crippen molar-refractivity contribution in [2.24, 2.45) is 0 Å². The average Bonchev–Trinajstić information content (AvgIpc) is 3.56. The molecule has 1 saturated carbocycles. The first-order chi connectivity index (χ1) is 16.1. The molecule has 4 rings (SSSR count). The van der Waals surface area contributed by atoms with Gasteiger partial charge in [-0.05, 0) is 42.7 Å². The fraction of sp³-hybridized carbons (Fsp3) is 0.280. The second kappa shape index (κ2) is 10.6. The monoisotopic (exact) mass is 446 g/mol. The van der Waals surface area contributed by atoms with Gasteiger partial charge in [-0.25, -0.2) is 0 Å². The van der Waals surface area contributed by atoms with E-state index in [0.29, 0.717) is 11.3 Å². The zero-order chi connectivity index (χ0) is 23.0. The second-order valence-corrected chi connectivity index (χ2v) is 7.94. The molecule has 8 nitrogen and oxygen atoms in total. The van der Waals surface area contributed by atoms with Crippen molar-refractivity contribution in [3.8, 4) is 0 Å². The summed E-state index contributed by atoms with van der Waals surface area (Å²) in [6.07, 6.45) is 8.51. The highest BCUT2D eigenvalue weighted by molar-refractivity contribution is 6.04. The molecule has 2 aromatic heterocycles. The smallest absolute Gasteiger partial charge is 0.287 e. The maximum absolute atomic E-state index is 13.5. The van der Waals surface area contributed by atoms with Gasteiger partial charge in [-0.1, -0.05) is 43.2 Å². The Kier molecular flexibility index (Phi) is 7.14. The predicted octanol–water partition coefficient (Wildman–Crippen LogP) is 3.24. The van der Waals surface area contributed by atoms with Gasteiger partial charge < -0.3 is 15.1 Å². The van der Waals surface area contributed by atoms with E-state index in [2.05, 4.69) is 15.6 Å². The number of hydrogen-bond acceptors (Lipinski definition) is 5. The number of amides is 3. The average molecular weight is 447 g/mol. The van der Waals surface area contributed by atoms with Crippen LogP contribution in [0.2, 0.25) is 0 Å². The van der Waals surface area contributed by atoms with Crippen molar-refractivity contribution in [3.63, 3.8) is 0 Å². The van der Waals surface area contributed by atoms with E-state index in [4.69, 9.17) is 4.42 Å². The van der Waals surface area contributed by atoms with Gasteiger partial charge in [0.05, 0.1) is 24.7 Å². The molecule has 0 aliphatic heterocycles. The predicted molar refractivity (Wildman–Crippen MR) is 122 cm³/mol. The molecule has 1 aliphatic carbocycles. The lowest BCUT2D eigenvalue weighted by atomic mass is 10.0. The first kappa shape index (κ1) is 22.3. The third-order valence-corrected chi connectivity index (χ3v) is 5.66. The lowest BCUT2D eigenvalue weighted by Gasteiger charge is -2.32. The van der Waals surface area contributed by atoms with Crippen LogP contribution in [0.1, 0.15) is 47.8 Å². The number of benzene rings is 1. The van der Waals surface area contributed by atoms with Gasteiger partial charge in [0.2, 0.25) is 11.8 Å². The van der Waals surface area contributed by atoms with E-state index in [0.717, 1.165) is 25.7 Å². The SMILES string of the molecule is O=C(NCC(=O)N(c1cccnc1)C(C(=O)NC1CCCC1)c1ccccc1)c1ccco1. The molecule has 0 bridgehead atoms. The molecule has 0 saturated heterocycles. The summed E-state index contributed by atoms with van der Waals surface area (Å²) in [5.41, 5.74) is 1.13. The molecule has 170 valence electrons. The molecule has 1 unspecified atom stereocenters. The Hall–Kier alpha value is -3.94. The van der Waals surface area contributed by atoms with Crippen molar-refractivity contribution in [2.45, 2.75) is 37.8 Å². The van der Waals surface area contributed by atoms with Gasteiger partial charge in [0.15, 0.2) is 5.76 Å². The van der Waals surface area contributed by atoms with Crippen molar-refractivity contribution in [3.05, 3.63) is 84.6 Å². The van der Waals surface area contributed by atoms with Gasteiger partial charge in [0.1, 0.15) is 6.04 Å². The topological polar surface area (TPSA) is 105 Å². The molecule has 8 heteroatoms. The lowest BCUT2D eigenvalue weighted by Crippen LogP contribution is -2.49. The summed E-state index contributed by atoms with van der Waals surface area (Å²) >= 11 is 0. The van der Waals surface area contributed by atoms with E-state index >= 15 is 0 Å². The van der Waals surface area contributed by atoms with Gasteiger partial charge in [-0.15, -0.1) is 0 Å². The van der Waals surface area contributed by atoms with E-state index in [1.54, 1.807) is 24.4 Å². The number of hydrogen-bond donors (Lipinski definition) is 2. The first-order valence-corrected chi connectivity index (χ1v) is 11.0. The Morgan fingerprint density at radius 1 is 1.03 bits per heavy atom. The van der Waals surface area contributed by atoms with Crippen molar-refractivity contribution < 1.29 is 18.8 Å². The maximum atomic E-state index is 13.5. The third kappa shape index (κ3) is 5.46. The van der Waals surface area contributed by atoms with Crippen LogP contribution in [0.25, 0.3) is 0 Å². The molecule has 2 heterocycles. The summed E-state index contributed by atoms with van der Waals surface area (Å²) in [5, 5.41) is 5.69. The van der Waals surface area contributed by atoms with Gasteiger partial charge in [0.25, 0.3) is 5.91 Å². The third-order valence-electron chi connectivity index (χ3n) is 5.66. The fourth-order valence-electron chi connectivity index (χ4n) is 4.07. The Labute approximate surface area is 192 Å². The van der Waals surface area contributed by atoms with Crippen LogP contribution in [-0.2, 0) is 9.59 Å². The molecule has 2 N–H and O–H groups in total. The molecule has 3 amide bonds. The fourth-order valence-corrected chi connectivity index (χ4v) is 4.07. The van der Waals surface area contributed by atoms with E-state index in [9.17, 15) is 14.4 Å². The largest absolute Gasteiger partial charge is 0.459 e. The summed E-state index contributed by atoms with van der Waals surface area (Å²) < 4.78 is 5.09. The minimum Gasteiger partial charge on any atom is -0.459 e. The lowest BCUT2D eigenvalue weighted by molar-refractivity contribution is -0.126. The molecule has 1 atom stereocenters. The second-order valence-electron chi connectivity index (χ2n) is 7.94. The van der Waals surface area contributed by atoms with Gasteiger partial charge in [0, 0.05) is 12.2 Å². The molecule has 3 aromatic rings. The minimum atomic E-state index is -0.913. The Morgan fingerprint density at radius 2 is 1.82 bits per heavy atom. The number of furan rings is 1. The Balaban J connectivity index is 1.63. The number of nitrogens with one attached hydrogen (secondary N) is 2. The first-order valence-electron chi connectivity index (χ1n) is 11.0. The minimum absolute atomic E-state index is 0.0909. The summed E-state index contributed by atoms with van der Waals surface area (Å²) in [6.45, 7) is -0.311. The quantitative estimate of drug-likeness (QED) is 0.553. The van der Waals surface area contributed by atoms with E-state index < -0.39 is 17.9 Å². The summed E-state index contributed by atoms with van der Waals surface area (Å²) in [5.74, 6) is -1.11. The molecule has 0 radical (unpaired) electrons. The molecule has 33 heavy (non-hydrogen) atoms. The van der Waals surface area contributed by atoms with E-state index in [1.165, 1.54) is 23.4 Å². The normalized spacial score (nSPS) is 14.4.